The highest BCUT2D eigenvalue weighted by atomic mass is 16.5. The molecule has 3 heteroatoms. The van der Waals surface area contributed by atoms with Crippen LogP contribution in [0.3, 0.4) is 0 Å². The Morgan fingerprint density at radius 2 is 1.90 bits per heavy atom. The van der Waals surface area contributed by atoms with Crippen LogP contribution in [-0.2, 0) is 6.54 Å². The van der Waals surface area contributed by atoms with Crippen LogP contribution in [0.5, 0.6) is 5.75 Å². The fraction of sp³-hybridized carbons (Fsp3) is 0.529. The van der Waals surface area contributed by atoms with Gasteiger partial charge >= 0.3 is 0 Å². The number of aliphatic hydroxyl groups excluding tert-OH is 1. The molecule has 0 radical (unpaired) electrons. The van der Waals surface area contributed by atoms with Crippen LogP contribution in [0.2, 0.25) is 0 Å². The maximum Gasteiger partial charge on any atom is 0.119 e. The van der Waals surface area contributed by atoms with Crippen molar-refractivity contribution in [2.24, 2.45) is 0 Å². The van der Waals surface area contributed by atoms with E-state index < -0.39 is 0 Å². The third-order valence-electron chi connectivity index (χ3n) is 3.73. The van der Waals surface area contributed by atoms with Gasteiger partial charge in [0, 0.05) is 19.0 Å². The molecule has 1 aliphatic rings. The third kappa shape index (κ3) is 4.88. The van der Waals surface area contributed by atoms with Crippen molar-refractivity contribution in [3.63, 3.8) is 0 Å². The van der Waals surface area contributed by atoms with E-state index in [0.717, 1.165) is 38.0 Å². The van der Waals surface area contributed by atoms with Crippen molar-refractivity contribution in [3.8, 4) is 18.1 Å². The number of nitrogens with one attached hydrogen (secondary N) is 1. The third-order valence-corrected chi connectivity index (χ3v) is 3.73. The molecule has 2 N–H and O–H groups in total. The highest BCUT2D eigenvalue weighted by Crippen LogP contribution is 2.19. The molecule has 1 saturated carbocycles. The Kier molecular flexibility index (Phi) is 5.91. The number of hydrogen-bond donors (Lipinski definition) is 2. The van der Waals surface area contributed by atoms with E-state index in [4.69, 9.17) is 11.2 Å². The SMILES string of the molecule is C#CCCOc1ccc(CNC2CCC(O)CC2)cc1. The number of benzene rings is 1. The van der Waals surface area contributed by atoms with Crippen LogP contribution in [0.1, 0.15) is 37.7 Å². The second-order valence-corrected chi connectivity index (χ2v) is 5.33. The van der Waals surface area contributed by atoms with E-state index >= 15 is 0 Å². The average molecular weight is 273 g/mol. The summed E-state index contributed by atoms with van der Waals surface area (Å²) < 4.78 is 5.52. The molecule has 0 bridgehead atoms. The Morgan fingerprint density at radius 1 is 1.20 bits per heavy atom. The van der Waals surface area contributed by atoms with E-state index in [9.17, 15) is 5.11 Å². The molecule has 0 amide bonds. The summed E-state index contributed by atoms with van der Waals surface area (Å²) in [5, 5.41) is 13.0. The number of rotatable bonds is 6. The van der Waals surface area contributed by atoms with Crippen molar-refractivity contribution in [2.75, 3.05) is 6.61 Å². The predicted octanol–water partition coefficient (Wildman–Crippen LogP) is 2.48. The molecule has 1 aromatic rings. The standard InChI is InChI=1S/C17H23NO2/c1-2-3-12-20-17-10-4-14(5-11-17)13-18-15-6-8-16(19)9-7-15/h1,4-5,10-11,15-16,18-19H,3,6-9,12-13H2. The fourth-order valence-corrected chi connectivity index (χ4v) is 2.47. The first-order valence-electron chi connectivity index (χ1n) is 7.34. The number of ether oxygens (including phenoxy) is 1. The van der Waals surface area contributed by atoms with Gasteiger partial charge < -0.3 is 15.2 Å². The molecule has 2 rings (SSSR count). The second-order valence-electron chi connectivity index (χ2n) is 5.33. The molecule has 0 saturated heterocycles. The highest BCUT2D eigenvalue weighted by molar-refractivity contribution is 5.27. The van der Waals surface area contributed by atoms with E-state index in [0.29, 0.717) is 19.1 Å². The van der Waals surface area contributed by atoms with Crippen molar-refractivity contribution in [2.45, 2.75) is 50.8 Å². The molecule has 0 atom stereocenters. The lowest BCUT2D eigenvalue weighted by atomic mass is 9.93. The molecule has 0 heterocycles. The lowest BCUT2D eigenvalue weighted by Gasteiger charge is -2.26. The van der Waals surface area contributed by atoms with Crippen LogP contribution < -0.4 is 10.1 Å². The summed E-state index contributed by atoms with van der Waals surface area (Å²) in [6, 6.07) is 8.66. The summed E-state index contributed by atoms with van der Waals surface area (Å²) in [5.41, 5.74) is 1.25. The molecule has 20 heavy (non-hydrogen) atoms. The zero-order valence-corrected chi connectivity index (χ0v) is 11.8. The van der Waals surface area contributed by atoms with Crippen molar-refractivity contribution in [1.29, 1.82) is 0 Å². The topological polar surface area (TPSA) is 41.5 Å². The summed E-state index contributed by atoms with van der Waals surface area (Å²) in [4.78, 5) is 0. The normalized spacial score (nSPS) is 22.2. The van der Waals surface area contributed by atoms with E-state index in [1.165, 1.54) is 5.56 Å². The van der Waals surface area contributed by atoms with Gasteiger partial charge in [-0.05, 0) is 43.4 Å². The highest BCUT2D eigenvalue weighted by Gasteiger charge is 2.18. The van der Waals surface area contributed by atoms with Crippen molar-refractivity contribution in [3.05, 3.63) is 29.8 Å². The molecular formula is C17H23NO2. The van der Waals surface area contributed by atoms with Gasteiger partial charge in [0.25, 0.3) is 0 Å². The van der Waals surface area contributed by atoms with Gasteiger partial charge in [-0.1, -0.05) is 12.1 Å². The van der Waals surface area contributed by atoms with Crippen molar-refractivity contribution < 1.29 is 9.84 Å². The van der Waals surface area contributed by atoms with Crippen LogP contribution in [0.25, 0.3) is 0 Å². The van der Waals surface area contributed by atoms with Gasteiger partial charge in [-0.2, -0.15) is 0 Å². The number of terminal acetylenes is 1. The van der Waals surface area contributed by atoms with Gasteiger partial charge in [-0.25, -0.2) is 0 Å². The molecule has 1 aliphatic carbocycles. The molecule has 3 nitrogen and oxygen atoms in total. The van der Waals surface area contributed by atoms with Crippen LogP contribution in [0.4, 0.5) is 0 Å². The minimum absolute atomic E-state index is 0.0903. The summed E-state index contributed by atoms with van der Waals surface area (Å²) in [7, 11) is 0. The zero-order valence-electron chi connectivity index (χ0n) is 11.8. The lowest BCUT2D eigenvalue weighted by molar-refractivity contribution is 0.116. The summed E-state index contributed by atoms with van der Waals surface area (Å²) in [6.45, 7) is 1.43. The molecule has 1 fully saturated rings. The van der Waals surface area contributed by atoms with Crippen molar-refractivity contribution in [1.82, 2.24) is 5.32 Å². The van der Waals surface area contributed by atoms with Gasteiger partial charge in [0.15, 0.2) is 0 Å². The molecule has 0 aliphatic heterocycles. The monoisotopic (exact) mass is 273 g/mol. The van der Waals surface area contributed by atoms with Crippen LogP contribution in [0.15, 0.2) is 24.3 Å². The second kappa shape index (κ2) is 7.94. The largest absolute Gasteiger partial charge is 0.493 e. The van der Waals surface area contributed by atoms with Gasteiger partial charge in [0.1, 0.15) is 5.75 Å². The maximum absolute atomic E-state index is 9.48. The van der Waals surface area contributed by atoms with Crippen LogP contribution >= 0.6 is 0 Å². The molecule has 1 aromatic carbocycles. The first-order valence-corrected chi connectivity index (χ1v) is 7.34. The van der Waals surface area contributed by atoms with Gasteiger partial charge in [0.05, 0.1) is 12.7 Å². The van der Waals surface area contributed by atoms with Crippen molar-refractivity contribution >= 4 is 0 Å². The first-order chi connectivity index (χ1) is 9.78. The molecular weight excluding hydrogens is 250 g/mol. The average Bonchev–Trinajstić information content (AvgIpc) is 2.48. The molecule has 0 aromatic heterocycles. The lowest BCUT2D eigenvalue weighted by Crippen LogP contribution is -2.34. The van der Waals surface area contributed by atoms with Gasteiger partial charge in [-0.15, -0.1) is 12.3 Å². The number of aliphatic hydroxyl groups is 1. The first kappa shape index (κ1) is 14.9. The Labute approximate surface area is 121 Å². The van der Waals surface area contributed by atoms with E-state index in [1.54, 1.807) is 0 Å². The minimum Gasteiger partial charge on any atom is -0.493 e. The van der Waals surface area contributed by atoms with Crippen LogP contribution in [-0.4, -0.2) is 23.9 Å². The van der Waals surface area contributed by atoms with E-state index in [1.807, 2.05) is 12.1 Å². The summed E-state index contributed by atoms with van der Waals surface area (Å²) in [5.74, 6) is 3.42. The molecule has 0 unspecified atom stereocenters. The van der Waals surface area contributed by atoms with E-state index in [-0.39, 0.29) is 6.10 Å². The Hall–Kier alpha value is -1.50. The fourth-order valence-electron chi connectivity index (χ4n) is 2.47. The predicted molar refractivity (Wildman–Crippen MR) is 80.5 cm³/mol. The Bertz CT molecular complexity index is 427. The minimum atomic E-state index is -0.0903. The molecule has 0 spiro atoms. The Balaban J connectivity index is 1.72. The van der Waals surface area contributed by atoms with Gasteiger partial charge in [-0.3, -0.25) is 0 Å². The van der Waals surface area contributed by atoms with E-state index in [2.05, 4.69) is 23.4 Å². The summed E-state index contributed by atoms with van der Waals surface area (Å²) >= 11 is 0. The number of hydrogen-bond acceptors (Lipinski definition) is 3. The van der Waals surface area contributed by atoms with Gasteiger partial charge in [0.2, 0.25) is 0 Å². The quantitative estimate of drug-likeness (QED) is 0.618. The maximum atomic E-state index is 9.48. The van der Waals surface area contributed by atoms with Crippen LogP contribution in [0, 0.1) is 12.3 Å². The Morgan fingerprint density at radius 3 is 2.55 bits per heavy atom. The molecule has 108 valence electrons. The smallest absolute Gasteiger partial charge is 0.119 e. The summed E-state index contributed by atoms with van der Waals surface area (Å²) in [6.07, 6.45) is 9.69. The zero-order chi connectivity index (χ0) is 14.2.